The van der Waals surface area contributed by atoms with Gasteiger partial charge in [0.05, 0.1) is 6.61 Å². The van der Waals surface area contributed by atoms with Gasteiger partial charge in [-0.1, -0.05) is 30.3 Å². The fourth-order valence-corrected chi connectivity index (χ4v) is 2.92. The lowest BCUT2D eigenvalue weighted by Gasteiger charge is -2.33. The van der Waals surface area contributed by atoms with E-state index >= 15 is 0 Å². The third-order valence-corrected chi connectivity index (χ3v) is 3.96. The van der Waals surface area contributed by atoms with E-state index in [1.807, 2.05) is 6.07 Å². The van der Waals surface area contributed by atoms with E-state index in [-0.39, 0.29) is 0 Å². The molecule has 0 aromatic heterocycles. The minimum absolute atomic E-state index is 0.580. The van der Waals surface area contributed by atoms with Crippen LogP contribution < -0.4 is 14.4 Å². The lowest BCUT2D eigenvalue weighted by atomic mass is 10.0. The molecule has 3 heteroatoms. The molecule has 0 N–H and O–H groups in total. The summed E-state index contributed by atoms with van der Waals surface area (Å²) in [5.41, 5.74) is 3.68. The fraction of sp³-hybridized carbons (Fsp3) is 0.294. The fourth-order valence-electron chi connectivity index (χ4n) is 2.92. The Morgan fingerprint density at radius 3 is 2.55 bits per heavy atom. The molecule has 102 valence electrons. The van der Waals surface area contributed by atoms with Gasteiger partial charge >= 0.3 is 0 Å². The largest absolute Gasteiger partial charge is 0.489 e. The molecule has 0 spiro atoms. The van der Waals surface area contributed by atoms with E-state index in [0.29, 0.717) is 6.73 Å². The van der Waals surface area contributed by atoms with E-state index in [0.717, 1.165) is 37.5 Å². The number of aryl methyl sites for hydroxylation is 1. The minimum atomic E-state index is 0.580. The number of hydrogen-bond donors (Lipinski definition) is 0. The number of fused-ring (bicyclic) bond motifs is 3. The molecule has 20 heavy (non-hydrogen) atoms. The predicted molar refractivity (Wildman–Crippen MR) is 78.4 cm³/mol. The first kappa shape index (κ1) is 11.6. The highest BCUT2D eigenvalue weighted by atomic mass is 16.5. The van der Waals surface area contributed by atoms with Gasteiger partial charge in [-0.15, -0.1) is 0 Å². The maximum absolute atomic E-state index is 5.99. The highest BCUT2D eigenvalue weighted by Crippen LogP contribution is 2.41. The number of nitrogens with zero attached hydrogens (tertiary/aromatic N) is 1. The van der Waals surface area contributed by atoms with Crippen molar-refractivity contribution in [2.24, 2.45) is 0 Å². The lowest BCUT2D eigenvalue weighted by Crippen LogP contribution is -2.32. The van der Waals surface area contributed by atoms with Crippen molar-refractivity contribution in [1.82, 2.24) is 0 Å². The molecule has 0 atom stereocenters. The first-order valence-corrected chi connectivity index (χ1v) is 7.12. The average molecular weight is 267 g/mol. The van der Waals surface area contributed by atoms with Crippen LogP contribution in [0.3, 0.4) is 0 Å². The molecule has 4 rings (SSSR count). The van der Waals surface area contributed by atoms with Crippen LogP contribution in [0.2, 0.25) is 0 Å². The Morgan fingerprint density at radius 1 is 0.850 bits per heavy atom. The Balaban J connectivity index is 1.67. The standard InChI is InChI=1S/C17H17NO2/c1-2-6-15(7-3-1)18-11-14-9-8-13-5-4-10-19-16(13)17(14)20-12-18/h1-3,6-9H,4-5,10-12H2. The molecule has 0 amide bonds. The summed E-state index contributed by atoms with van der Waals surface area (Å²) >= 11 is 0. The van der Waals surface area contributed by atoms with Gasteiger partial charge in [-0.25, -0.2) is 0 Å². The van der Waals surface area contributed by atoms with Crippen molar-refractivity contribution >= 4 is 5.69 Å². The first-order valence-electron chi connectivity index (χ1n) is 7.12. The number of rotatable bonds is 1. The second-order valence-electron chi connectivity index (χ2n) is 5.30. The summed E-state index contributed by atoms with van der Waals surface area (Å²) in [5.74, 6) is 1.93. The van der Waals surface area contributed by atoms with Gasteiger partial charge in [-0.2, -0.15) is 0 Å². The zero-order valence-corrected chi connectivity index (χ0v) is 11.3. The zero-order chi connectivity index (χ0) is 13.4. The molecule has 2 heterocycles. The molecule has 3 nitrogen and oxygen atoms in total. The minimum Gasteiger partial charge on any atom is -0.489 e. The molecule has 0 saturated heterocycles. The van der Waals surface area contributed by atoms with Gasteiger partial charge in [-0.05, 0) is 30.5 Å². The van der Waals surface area contributed by atoms with Crippen molar-refractivity contribution in [2.45, 2.75) is 19.4 Å². The van der Waals surface area contributed by atoms with Gasteiger partial charge in [0.15, 0.2) is 18.2 Å². The number of ether oxygens (including phenoxy) is 2. The van der Waals surface area contributed by atoms with E-state index in [1.54, 1.807) is 0 Å². The van der Waals surface area contributed by atoms with Crippen molar-refractivity contribution in [1.29, 1.82) is 0 Å². The Morgan fingerprint density at radius 2 is 1.65 bits per heavy atom. The summed E-state index contributed by atoms with van der Waals surface area (Å²) in [6.07, 6.45) is 2.19. The maximum atomic E-state index is 5.99. The smallest absolute Gasteiger partial charge is 0.169 e. The van der Waals surface area contributed by atoms with Gasteiger partial charge in [0, 0.05) is 17.8 Å². The number of benzene rings is 2. The Hall–Kier alpha value is -2.16. The summed E-state index contributed by atoms with van der Waals surface area (Å²) < 4.78 is 11.8. The van der Waals surface area contributed by atoms with Crippen molar-refractivity contribution in [2.75, 3.05) is 18.2 Å². The van der Waals surface area contributed by atoms with Crippen LogP contribution in [0.15, 0.2) is 42.5 Å². The quantitative estimate of drug-likeness (QED) is 0.790. The molecule has 0 fully saturated rings. The Kier molecular flexibility index (Phi) is 2.76. The lowest BCUT2D eigenvalue weighted by molar-refractivity contribution is 0.238. The van der Waals surface area contributed by atoms with Crippen LogP contribution in [0.5, 0.6) is 11.5 Å². The van der Waals surface area contributed by atoms with Gasteiger partial charge in [0.25, 0.3) is 0 Å². The maximum Gasteiger partial charge on any atom is 0.169 e. The highest BCUT2D eigenvalue weighted by molar-refractivity contribution is 5.57. The molecular weight excluding hydrogens is 250 g/mol. The molecule has 2 aliphatic rings. The highest BCUT2D eigenvalue weighted by Gasteiger charge is 2.24. The van der Waals surface area contributed by atoms with Gasteiger partial charge < -0.3 is 14.4 Å². The van der Waals surface area contributed by atoms with Crippen molar-refractivity contribution in [3.05, 3.63) is 53.6 Å². The summed E-state index contributed by atoms with van der Waals surface area (Å²) in [6, 6.07) is 14.7. The normalized spacial score (nSPS) is 16.7. The van der Waals surface area contributed by atoms with E-state index in [4.69, 9.17) is 9.47 Å². The molecule has 0 unspecified atom stereocenters. The molecule has 0 saturated carbocycles. The second-order valence-corrected chi connectivity index (χ2v) is 5.30. The summed E-state index contributed by atoms with van der Waals surface area (Å²) in [4.78, 5) is 2.23. The topological polar surface area (TPSA) is 21.7 Å². The number of anilines is 1. The Bertz CT molecular complexity index is 624. The average Bonchev–Trinajstić information content (AvgIpc) is 2.55. The van der Waals surface area contributed by atoms with Crippen molar-refractivity contribution < 1.29 is 9.47 Å². The summed E-state index contributed by atoms with van der Waals surface area (Å²) in [6.45, 7) is 2.25. The van der Waals surface area contributed by atoms with E-state index < -0.39 is 0 Å². The molecule has 2 aromatic rings. The van der Waals surface area contributed by atoms with Gasteiger partial charge in [-0.3, -0.25) is 0 Å². The summed E-state index contributed by atoms with van der Waals surface area (Å²) in [7, 11) is 0. The van der Waals surface area contributed by atoms with Crippen molar-refractivity contribution in [3.8, 4) is 11.5 Å². The Labute approximate surface area is 118 Å². The van der Waals surface area contributed by atoms with E-state index in [2.05, 4.69) is 41.3 Å². The van der Waals surface area contributed by atoms with Crippen LogP contribution >= 0.6 is 0 Å². The van der Waals surface area contributed by atoms with Crippen LogP contribution in [-0.2, 0) is 13.0 Å². The molecule has 2 aromatic carbocycles. The number of hydrogen-bond acceptors (Lipinski definition) is 3. The van der Waals surface area contributed by atoms with Crippen molar-refractivity contribution in [3.63, 3.8) is 0 Å². The van der Waals surface area contributed by atoms with E-state index in [1.165, 1.54) is 16.8 Å². The summed E-state index contributed by atoms with van der Waals surface area (Å²) in [5, 5.41) is 0. The van der Waals surface area contributed by atoms with Crippen LogP contribution in [0.25, 0.3) is 0 Å². The van der Waals surface area contributed by atoms with Gasteiger partial charge in [0.1, 0.15) is 0 Å². The molecule has 0 radical (unpaired) electrons. The monoisotopic (exact) mass is 267 g/mol. The molecule has 0 aliphatic carbocycles. The van der Waals surface area contributed by atoms with Crippen LogP contribution in [0.1, 0.15) is 17.5 Å². The number of para-hydroxylation sites is 1. The molecule has 0 bridgehead atoms. The van der Waals surface area contributed by atoms with Crippen LogP contribution in [0, 0.1) is 0 Å². The third-order valence-electron chi connectivity index (χ3n) is 3.96. The van der Waals surface area contributed by atoms with Gasteiger partial charge in [0.2, 0.25) is 0 Å². The SMILES string of the molecule is c1ccc(N2COc3c(ccc4c3OCCC4)C2)cc1. The molecule has 2 aliphatic heterocycles. The second kappa shape index (κ2) is 4.75. The zero-order valence-electron chi connectivity index (χ0n) is 11.3. The molecular formula is C17H17NO2. The van der Waals surface area contributed by atoms with Crippen LogP contribution in [0.4, 0.5) is 5.69 Å². The predicted octanol–water partition coefficient (Wildman–Crippen LogP) is 3.37. The first-order chi connectivity index (χ1) is 9.92. The van der Waals surface area contributed by atoms with Crippen LogP contribution in [-0.4, -0.2) is 13.3 Å². The van der Waals surface area contributed by atoms with E-state index in [9.17, 15) is 0 Å². The third kappa shape index (κ3) is 1.90.